The van der Waals surface area contributed by atoms with Crippen molar-refractivity contribution in [3.05, 3.63) is 32.2 Å². The van der Waals surface area contributed by atoms with Gasteiger partial charge in [0.15, 0.2) is 0 Å². The maximum atomic E-state index is 2.39. The van der Waals surface area contributed by atoms with Crippen molar-refractivity contribution >= 4 is 44.0 Å². The van der Waals surface area contributed by atoms with Crippen LogP contribution >= 0.6 is 33.9 Å². The molecule has 2 rings (SSSR count). The summed E-state index contributed by atoms with van der Waals surface area (Å²) in [6, 6.07) is 6.75. The Morgan fingerprint density at radius 3 is 2.64 bits per heavy atom. The summed E-state index contributed by atoms with van der Waals surface area (Å²) in [5.41, 5.74) is 1.56. The van der Waals surface area contributed by atoms with Gasteiger partial charge in [-0.1, -0.05) is 13.8 Å². The molecule has 0 amide bonds. The molecule has 74 valence electrons. The molecule has 0 spiro atoms. The summed E-state index contributed by atoms with van der Waals surface area (Å²) < 4.78 is 2.78. The molecule has 1 aromatic carbocycles. The van der Waals surface area contributed by atoms with E-state index in [9.17, 15) is 0 Å². The molecular formula is C12H13IS. The number of fused-ring (bicyclic) bond motifs is 1. The molecule has 0 aliphatic carbocycles. The molecule has 0 aliphatic heterocycles. The van der Waals surface area contributed by atoms with Gasteiger partial charge in [0, 0.05) is 13.1 Å². The van der Waals surface area contributed by atoms with E-state index in [-0.39, 0.29) is 0 Å². The summed E-state index contributed by atoms with van der Waals surface area (Å²) >= 11 is 4.34. The molecule has 1 aromatic heterocycles. The van der Waals surface area contributed by atoms with Gasteiger partial charge in [-0.15, -0.1) is 11.3 Å². The Balaban J connectivity index is 2.74. The van der Waals surface area contributed by atoms with Gasteiger partial charge >= 0.3 is 0 Å². The largest absolute Gasteiger partial charge is 0.140 e. The van der Waals surface area contributed by atoms with Crippen LogP contribution in [0.2, 0.25) is 0 Å². The average molecular weight is 316 g/mol. The number of hydrogen-bond donors (Lipinski definition) is 0. The van der Waals surface area contributed by atoms with Crippen LogP contribution in [0.4, 0.5) is 0 Å². The van der Waals surface area contributed by atoms with Crippen molar-refractivity contribution in [2.45, 2.75) is 26.7 Å². The Bertz CT molecular complexity index is 457. The summed E-state index contributed by atoms with van der Waals surface area (Å²) in [6.45, 7) is 4.50. The molecule has 14 heavy (non-hydrogen) atoms. The second-order valence-corrected chi connectivity index (χ2v) is 5.73. The minimum atomic E-state index is 1.16. The maximum absolute atomic E-state index is 2.39. The number of halogens is 1. The quantitative estimate of drug-likeness (QED) is 0.709. The summed E-state index contributed by atoms with van der Waals surface area (Å²) in [4.78, 5) is 1.56. The SMILES string of the molecule is CCc1sc2ccc(I)cc2c1CC. The predicted octanol–water partition coefficient (Wildman–Crippen LogP) is 4.63. The van der Waals surface area contributed by atoms with E-state index in [1.165, 1.54) is 20.1 Å². The van der Waals surface area contributed by atoms with Crippen LogP contribution in [-0.4, -0.2) is 0 Å². The zero-order valence-electron chi connectivity index (χ0n) is 8.43. The lowest BCUT2D eigenvalue weighted by Crippen LogP contribution is -1.83. The van der Waals surface area contributed by atoms with Crippen molar-refractivity contribution < 1.29 is 0 Å². The van der Waals surface area contributed by atoms with E-state index < -0.39 is 0 Å². The number of aryl methyl sites for hydroxylation is 2. The molecule has 0 unspecified atom stereocenters. The number of benzene rings is 1. The third-order valence-electron chi connectivity index (χ3n) is 2.51. The van der Waals surface area contributed by atoms with Crippen LogP contribution in [0, 0.1) is 3.57 Å². The zero-order valence-corrected chi connectivity index (χ0v) is 11.4. The van der Waals surface area contributed by atoms with Crippen LogP contribution in [0.15, 0.2) is 18.2 Å². The number of hydrogen-bond acceptors (Lipinski definition) is 1. The average Bonchev–Trinajstić information content (AvgIpc) is 2.54. The van der Waals surface area contributed by atoms with E-state index in [1.54, 1.807) is 10.4 Å². The van der Waals surface area contributed by atoms with Gasteiger partial charge in [0.2, 0.25) is 0 Å². The highest BCUT2D eigenvalue weighted by atomic mass is 127. The lowest BCUT2D eigenvalue weighted by Gasteiger charge is -1.97. The van der Waals surface area contributed by atoms with E-state index in [1.807, 2.05) is 11.3 Å². The van der Waals surface area contributed by atoms with Crippen molar-refractivity contribution in [3.8, 4) is 0 Å². The van der Waals surface area contributed by atoms with Crippen LogP contribution in [0.3, 0.4) is 0 Å². The van der Waals surface area contributed by atoms with Gasteiger partial charge in [0.1, 0.15) is 0 Å². The molecule has 0 aliphatic rings. The molecule has 0 saturated heterocycles. The lowest BCUT2D eigenvalue weighted by atomic mass is 10.1. The van der Waals surface area contributed by atoms with Crippen molar-refractivity contribution in [2.75, 3.05) is 0 Å². The van der Waals surface area contributed by atoms with E-state index in [0.29, 0.717) is 0 Å². The molecule has 0 N–H and O–H groups in total. The summed E-state index contributed by atoms with van der Waals surface area (Å²) in [5.74, 6) is 0. The van der Waals surface area contributed by atoms with Crippen molar-refractivity contribution in [2.24, 2.45) is 0 Å². The van der Waals surface area contributed by atoms with E-state index >= 15 is 0 Å². The first kappa shape index (κ1) is 10.4. The lowest BCUT2D eigenvalue weighted by molar-refractivity contribution is 1.08. The highest BCUT2D eigenvalue weighted by Gasteiger charge is 2.08. The first-order valence-corrected chi connectivity index (χ1v) is 6.85. The third kappa shape index (κ3) is 1.70. The predicted molar refractivity (Wildman–Crippen MR) is 73.3 cm³/mol. The van der Waals surface area contributed by atoms with Crippen LogP contribution in [0.25, 0.3) is 10.1 Å². The van der Waals surface area contributed by atoms with Crippen LogP contribution < -0.4 is 0 Å². The Morgan fingerprint density at radius 2 is 2.00 bits per heavy atom. The minimum absolute atomic E-state index is 1.16. The van der Waals surface area contributed by atoms with E-state index in [0.717, 1.165) is 6.42 Å². The molecule has 0 nitrogen and oxygen atoms in total. The fraction of sp³-hybridized carbons (Fsp3) is 0.333. The van der Waals surface area contributed by atoms with Gasteiger partial charge in [0.25, 0.3) is 0 Å². The smallest absolute Gasteiger partial charge is 0.0349 e. The van der Waals surface area contributed by atoms with Crippen molar-refractivity contribution in [3.63, 3.8) is 0 Å². The fourth-order valence-electron chi connectivity index (χ4n) is 1.84. The van der Waals surface area contributed by atoms with Crippen LogP contribution in [0.1, 0.15) is 24.3 Å². The maximum Gasteiger partial charge on any atom is 0.0349 e. The Kier molecular flexibility index (Phi) is 3.12. The van der Waals surface area contributed by atoms with Gasteiger partial charge in [-0.2, -0.15) is 0 Å². The highest BCUT2D eigenvalue weighted by Crippen LogP contribution is 2.33. The molecule has 0 fully saturated rings. The first-order chi connectivity index (χ1) is 6.76. The molecule has 0 radical (unpaired) electrons. The Labute approximate surface area is 102 Å². The molecule has 0 saturated carbocycles. The van der Waals surface area contributed by atoms with E-state index in [2.05, 4.69) is 54.6 Å². The summed E-state index contributed by atoms with van der Waals surface area (Å²) in [6.07, 6.45) is 2.32. The second kappa shape index (κ2) is 4.19. The number of thiophene rings is 1. The third-order valence-corrected chi connectivity index (χ3v) is 4.54. The second-order valence-electron chi connectivity index (χ2n) is 3.35. The topological polar surface area (TPSA) is 0 Å². The van der Waals surface area contributed by atoms with Crippen LogP contribution in [-0.2, 0) is 12.8 Å². The number of rotatable bonds is 2. The van der Waals surface area contributed by atoms with Crippen LogP contribution in [0.5, 0.6) is 0 Å². The zero-order chi connectivity index (χ0) is 10.1. The Morgan fingerprint density at radius 1 is 1.21 bits per heavy atom. The van der Waals surface area contributed by atoms with Crippen molar-refractivity contribution in [1.29, 1.82) is 0 Å². The first-order valence-electron chi connectivity index (χ1n) is 4.96. The van der Waals surface area contributed by atoms with Gasteiger partial charge in [0.05, 0.1) is 0 Å². The molecule has 2 heteroatoms. The highest BCUT2D eigenvalue weighted by molar-refractivity contribution is 14.1. The summed E-state index contributed by atoms with van der Waals surface area (Å²) in [7, 11) is 0. The van der Waals surface area contributed by atoms with Crippen molar-refractivity contribution in [1.82, 2.24) is 0 Å². The fourth-order valence-corrected chi connectivity index (χ4v) is 3.55. The van der Waals surface area contributed by atoms with Gasteiger partial charge in [-0.05, 0) is 64.6 Å². The Hall–Kier alpha value is -0.0900. The van der Waals surface area contributed by atoms with E-state index in [4.69, 9.17) is 0 Å². The molecule has 2 aromatic rings. The molecular weight excluding hydrogens is 303 g/mol. The monoisotopic (exact) mass is 316 g/mol. The molecule has 1 heterocycles. The molecule has 0 bridgehead atoms. The normalized spacial score (nSPS) is 11.1. The molecule has 0 atom stereocenters. The van der Waals surface area contributed by atoms with Gasteiger partial charge in [-0.25, -0.2) is 0 Å². The summed E-state index contributed by atoms with van der Waals surface area (Å²) in [5, 5.41) is 1.47. The standard InChI is InChI=1S/C12H13IS/c1-3-9-10-7-8(13)5-6-12(10)14-11(9)4-2/h5-7H,3-4H2,1-2H3. The van der Waals surface area contributed by atoms with Gasteiger partial charge < -0.3 is 0 Å². The minimum Gasteiger partial charge on any atom is -0.140 e. The van der Waals surface area contributed by atoms with Gasteiger partial charge in [-0.3, -0.25) is 0 Å².